The summed E-state index contributed by atoms with van der Waals surface area (Å²) in [4.78, 5) is 48.9. The van der Waals surface area contributed by atoms with E-state index < -0.39 is 6.04 Å². The lowest BCUT2D eigenvalue weighted by molar-refractivity contribution is -0.124. The summed E-state index contributed by atoms with van der Waals surface area (Å²) in [7, 11) is 0. The van der Waals surface area contributed by atoms with Crippen LogP contribution in [0.5, 0.6) is 0 Å². The third-order valence-corrected chi connectivity index (χ3v) is 5.47. The number of ketones is 1. The molecule has 7 nitrogen and oxygen atoms in total. The molecule has 0 spiro atoms. The van der Waals surface area contributed by atoms with Crippen LogP contribution in [0, 0.1) is 0 Å². The zero-order chi connectivity index (χ0) is 24.5. The lowest BCUT2D eigenvalue weighted by Gasteiger charge is -2.18. The first kappa shape index (κ1) is 24.6. The Hall–Kier alpha value is -4.00. The van der Waals surface area contributed by atoms with E-state index in [-0.39, 0.29) is 30.0 Å². The van der Waals surface area contributed by atoms with Crippen LogP contribution in [0.4, 0.5) is 5.69 Å². The highest BCUT2D eigenvalue weighted by Gasteiger charge is 2.21. The van der Waals surface area contributed by atoms with E-state index in [4.69, 9.17) is 0 Å². The van der Waals surface area contributed by atoms with Crippen LogP contribution in [0.15, 0.2) is 66.7 Å². The highest BCUT2D eigenvalue weighted by atomic mass is 16.2. The van der Waals surface area contributed by atoms with Gasteiger partial charge in [-0.1, -0.05) is 50.1 Å². The Morgan fingerprint density at radius 1 is 0.824 bits per heavy atom. The number of unbranched alkanes of at least 4 members (excludes halogenated alkanes) is 1. The molecule has 0 aromatic heterocycles. The van der Waals surface area contributed by atoms with Crippen LogP contribution < -0.4 is 16.0 Å². The maximum absolute atomic E-state index is 12.7. The molecular formula is C27H29N3O4. The van der Waals surface area contributed by atoms with Gasteiger partial charge in [-0.25, -0.2) is 0 Å². The first-order chi connectivity index (χ1) is 16.4. The topological polar surface area (TPSA) is 104 Å². The molecule has 0 saturated heterocycles. The second-order valence-corrected chi connectivity index (χ2v) is 8.14. The molecule has 1 atom stereocenters. The predicted octanol–water partition coefficient (Wildman–Crippen LogP) is 4.09. The zero-order valence-electron chi connectivity index (χ0n) is 19.4. The number of hydrogen-bond acceptors (Lipinski definition) is 4. The number of anilines is 1. The highest BCUT2D eigenvalue weighted by molar-refractivity contribution is 6.06. The quantitative estimate of drug-likeness (QED) is 0.425. The van der Waals surface area contributed by atoms with Crippen molar-refractivity contribution >= 4 is 40.0 Å². The molecule has 0 saturated carbocycles. The molecule has 1 unspecified atom stereocenters. The second-order valence-electron chi connectivity index (χ2n) is 8.14. The van der Waals surface area contributed by atoms with Crippen molar-refractivity contribution in [3.8, 4) is 0 Å². The Balaban J connectivity index is 1.63. The van der Waals surface area contributed by atoms with Crippen LogP contribution in [0.2, 0.25) is 0 Å². The number of carbonyl (C=O) groups excluding carboxylic acids is 4. The summed E-state index contributed by atoms with van der Waals surface area (Å²) in [5.74, 6) is -1.16. The minimum atomic E-state index is -0.674. The van der Waals surface area contributed by atoms with Gasteiger partial charge in [0.25, 0.3) is 11.8 Å². The fourth-order valence-corrected chi connectivity index (χ4v) is 3.54. The number of carbonyl (C=O) groups is 4. The van der Waals surface area contributed by atoms with Gasteiger partial charge in [-0.15, -0.1) is 0 Å². The molecular weight excluding hydrogens is 430 g/mol. The van der Waals surface area contributed by atoms with Crippen molar-refractivity contribution in [1.82, 2.24) is 10.6 Å². The largest absolute Gasteiger partial charge is 0.349 e. The van der Waals surface area contributed by atoms with E-state index in [1.165, 1.54) is 6.92 Å². The molecule has 176 valence electrons. The summed E-state index contributed by atoms with van der Waals surface area (Å²) in [6.07, 6.45) is 2.16. The molecule has 3 amide bonds. The van der Waals surface area contributed by atoms with Crippen molar-refractivity contribution in [1.29, 1.82) is 0 Å². The van der Waals surface area contributed by atoms with Gasteiger partial charge in [0.1, 0.15) is 0 Å². The number of amides is 3. The van der Waals surface area contributed by atoms with Gasteiger partial charge in [0.15, 0.2) is 5.78 Å². The highest BCUT2D eigenvalue weighted by Crippen LogP contribution is 2.17. The molecule has 0 bridgehead atoms. The van der Waals surface area contributed by atoms with E-state index in [1.807, 2.05) is 43.3 Å². The smallest absolute Gasteiger partial charge is 0.255 e. The second kappa shape index (κ2) is 11.7. The van der Waals surface area contributed by atoms with Gasteiger partial charge < -0.3 is 16.0 Å². The molecule has 34 heavy (non-hydrogen) atoms. The zero-order valence-corrected chi connectivity index (χ0v) is 19.4. The monoisotopic (exact) mass is 459 g/mol. The number of benzene rings is 3. The summed E-state index contributed by atoms with van der Waals surface area (Å²) in [6.45, 7) is 3.22. The third-order valence-electron chi connectivity index (χ3n) is 5.47. The summed E-state index contributed by atoms with van der Waals surface area (Å²) >= 11 is 0. The number of rotatable bonds is 10. The molecule has 0 radical (unpaired) electrons. The maximum atomic E-state index is 12.7. The fraction of sp³-hybridized carbons (Fsp3) is 0.259. The van der Waals surface area contributed by atoms with E-state index >= 15 is 0 Å². The van der Waals surface area contributed by atoms with E-state index in [0.717, 1.165) is 23.6 Å². The van der Waals surface area contributed by atoms with Crippen molar-refractivity contribution in [2.24, 2.45) is 0 Å². The molecule has 0 fully saturated rings. The molecule has 7 heteroatoms. The first-order valence-electron chi connectivity index (χ1n) is 11.4. The van der Waals surface area contributed by atoms with Gasteiger partial charge in [0.05, 0.1) is 12.6 Å². The van der Waals surface area contributed by atoms with Crippen molar-refractivity contribution in [3.63, 3.8) is 0 Å². The lowest BCUT2D eigenvalue weighted by Crippen LogP contribution is -2.45. The van der Waals surface area contributed by atoms with Crippen molar-refractivity contribution in [2.75, 3.05) is 11.9 Å². The maximum Gasteiger partial charge on any atom is 0.255 e. The van der Waals surface area contributed by atoms with Gasteiger partial charge in [-0.2, -0.15) is 0 Å². The predicted molar refractivity (Wildman–Crippen MR) is 133 cm³/mol. The molecule has 0 heterocycles. The van der Waals surface area contributed by atoms with Gasteiger partial charge in [-0.05, 0) is 53.6 Å². The van der Waals surface area contributed by atoms with Gasteiger partial charge >= 0.3 is 0 Å². The summed E-state index contributed by atoms with van der Waals surface area (Å²) in [5.41, 5.74) is 1.47. The number of Topliss-reactive ketones (excluding diaryl/α,β-unsaturated/α-hetero) is 1. The van der Waals surface area contributed by atoms with Crippen LogP contribution in [0.3, 0.4) is 0 Å². The number of nitrogens with one attached hydrogen (secondary N) is 3. The normalized spacial score (nSPS) is 11.5. The number of fused-ring (bicyclic) bond motifs is 1. The minimum absolute atomic E-state index is 0.121. The number of hydrogen-bond donors (Lipinski definition) is 3. The summed E-state index contributed by atoms with van der Waals surface area (Å²) < 4.78 is 0. The van der Waals surface area contributed by atoms with Crippen molar-refractivity contribution < 1.29 is 19.2 Å². The fourth-order valence-electron chi connectivity index (χ4n) is 3.54. The average molecular weight is 460 g/mol. The van der Waals surface area contributed by atoms with E-state index in [9.17, 15) is 19.2 Å². The molecule has 0 aliphatic carbocycles. The standard InChI is InChI=1S/C27H29N3O4/c1-3-4-9-24(25(32)17-28-18(2)31)30-26(33)20-12-14-23(15-13-20)29-27(34)22-11-10-19-7-5-6-8-21(19)16-22/h5-8,10-16,24H,3-4,9,17H2,1-2H3,(H,28,31)(H,29,34)(H,30,33). The van der Waals surface area contributed by atoms with Crippen LogP contribution >= 0.6 is 0 Å². The van der Waals surface area contributed by atoms with Gasteiger partial charge in [0, 0.05) is 23.7 Å². The molecule has 0 aliphatic rings. The SMILES string of the molecule is CCCCC(NC(=O)c1ccc(NC(=O)c2ccc3ccccc3c2)cc1)C(=O)CNC(C)=O. The Kier molecular flexibility index (Phi) is 8.51. The first-order valence-corrected chi connectivity index (χ1v) is 11.4. The van der Waals surface area contributed by atoms with Crippen molar-refractivity contribution in [2.45, 2.75) is 39.2 Å². The van der Waals surface area contributed by atoms with Crippen LogP contribution in [-0.4, -0.2) is 36.1 Å². The molecule has 3 aromatic rings. The van der Waals surface area contributed by atoms with Crippen LogP contribution in [-0.2, 0) is 9.59 Å². The summed E-state index contributed by atoms with van der Waals surface area (Å²) in [5, 5.41) is 10.1. The lowest BCUT2D eigenvalue weighted by atomic mass is 10.0. The van der Waals surface area contributed by atoms with Crippen LogP contribution in [0.1, 0.15) is 53.8 Å². The van der Waals surface area contributed by atoms with E-state index in [1.54, 1.807) is 30.3 Å². The minimum Gasteiger partial charge on any atom is -0.349 e. The van der Waals surface area contributed by atoms with Crippen LogP contribution in [0.25, 0.3) is 10.8 Å². The van der Waals surface area contributed by atoms with Gasteiger partial charge in [-0.3, -0.25) is 19.2 Å². The average Bonchev–Trinajstić information content (AvgIpc) is 2.85. The van der Waals surface area contributed by atoms with Gasteiger partial charge in [0.2, 0.25) is 5.91 Å². The van der Waals surface area contributed by atoms with E-state index in [0.29, 0.717) is 23.2 Å². The molecule has 3 rings (SSSR count). The molecule has 0 aliphatic heterocycles. The van der Waals surface area contributed by atoms with Crippen molar-refractivity contribution in [3.05, 3.63) is 77.9 Å². The summed E-state index contributed by atoms with van der Waals surface area (Å²) in [6, 6.07) is 19.1. The Bertz CT molecular complexity index is 1190. The Labute approximate surface area is 198 Å². The third kappa shape index (κ3) is 6.75. The molecule has 3 N–H and O–H groups in total. The Morgan fingerprint density at radius 3 is 2.18 bits per heavy atom. The Morgan fingerprint density at radius 2 is 1.50 bits per heavy atom. The van der Waals surface area contributed by atoms with E-state index in [2.05, 4.69) is 16.0 Å². The molecule has 3 aromatic carbocycles.